The van der Waals surface area contributed by atoms with Crippen LogP contribution >= 0.6 is 15.9 Å². The second kappa shape index (κ2) is 4.46. The van der Waals surface area contributed by atoms with E-state index in [-0.39, 0.29) is 0 Å². The van der Waals surface area contributed by atoms with Gasteiger partial charge in [0.25, 0.3) is 0 Å². The van der Waals surface area contributed by atoms with Crippen LogP contribution in [0, 0.1) is 0 Å². The number of nitrogens with zero attached hydrogens (tertiary/aromatic N) is 2. The van der Waals surface area contributed by atoms with E-state index in [4.69, 9.17) is 0 Å². The van der Waals surface area contributed by atoms with Crippen LogP contribution in [0.1, 0.15) is 0 Å². The Hall–Kier alpha value is -2.13. The van der Waals surface area contributed by atoms with Crippen molar-refractivity contribution >= 4 is 37.7 Å². The molecule has 2 heterocycles. The third kappa shape index (κ3) is 1.60. The largest absolute Gasteiger partial charge is 0.308 e. The zero-order valence-corrected chi connectivity index (χ0v) is 12.2. The topological polar surface area (TPSA) is 17.8 Å². The maximum Gasteiger partial charge on any atom is 0.0683 e. The zero-order chi connectivity index (χ0) is 13.5. The number of aromatic nitrogens is 2. The van der Waals surface area contributed by atoms with Crippen LogP contribution in [0.4, 0.5) is 0 Å². The molecule has 0 atom stereocenters. The lowest BCUT2D eigenvalue weighted by Crippen LogP contribution is -1.94. The minimum absolute atomic E-state index is 1.10. The molecule has 0 unspecified atom stereocenters. The second-order valence-electron chi connectivity index (χ2n) is 4.69. The summed E-state index contributed by atoms with van der Waals surface area (Å²) < 4.78 is 3.37. The third-order valence-corrected chi connectivity index (χ3v) is 4.21. The van der Waals surface area contributed by atoms with Gasteiger partial charge in [-0.3, -0.25) is 4.98 Å². The highest BCUT2D eigenvalue weighted by molar-refractivity contribution is 9.10. The molecule has 0 saturated carbocycles. The molecule has 0 aliphatic rings. The first-order valence-electron chi connectivity index (χ1n) is 6.44. The summed E-state index contributed by atoms with van der Waals surface area (Å²) in [5.41, 5.74) is 3.53. The van der Waals surface area contributed by atoms with Crippen LogP contribution in [0.15, 0.2) is 71.5 Å². The lowest BCUT2D eigenvalue weighted by molar-refractivity contribution is 1.15. The fraction of sp³-hybridized carbons (Fsp3) is 0. The molecule has 0 bridgehead atoms. The molecule has 0 radical (unpaired) electrons. The normalized spacial score (nSPS) is 11.2. The zero-order valence-electron chi connectivity index (χ0n) is 10.6. The summed E-state index contributed by atoms with van der Waals surface area (Å²) in [7, 11) is 0. The summed E-state index contributed by atoms with van der Waals surface area (Å²) in [6.07, 6.45) is 3.65. The van der Waals surface area contributed by atoms with Gasteiger partial charge >= 0.3 is 0 Å². The average Bonchev–Trinajstić information content (AvgIpc) is 2.84. The van der Waals surface area contributed by atoms with Crippen LogP contribution in [0.25, 0.3) is 27.5 Å². The predicted octanol–water partition coefficient (Wildman–Crippen LogP) is 4.94. The van der Waals surface area contributed by atoms with E-state index in [0.29, 0.717) is 0 Å². The Balaban J connectivity index is 2.27. The molecule has 2 nitrogen and oxygen atoms in total. The number of benzene rings is 2. The number of rotatable bonds is 1. The third-order valence-electron chi connectivity index (χ3n) is 3.57. The molecule has 0 fully saturated rings. The average molecular weight is 323 g/mol. The number of halogens is 1. The van der Waals surface area contributed by atoms with Gasteiger partial charge in [-0.25, -0.2) is 0 Å². The molecular formula is C17H11BrN2. The van der Waals surface area contributed by atoms with Gasteiger partial charge in [0.15, 0.2) is 0 Å². The van der Waals surface area contributed by atoms with Crippen LogP contribution in [0.3, 0.4) is 0 Å². The van der Waals surface area contributed by atoms with Crippen molar-refractivity contribution in [2.24, 2.45) is 0 Å². The van der Waals surface area contributed by atoms with Crippen molar-refractivity contribution in [3.05, 3.63) is 71.5 Å². The van der Waals surface area contributed by atoms with E-state index in [0.717, 1.165) is 10.2 Å². The molecule has 0 amide bonds. The summed E-state index contributed by atoms with van der Waals surface area (Å²) in [5, 5.41) is 2.52. The van der Waals surface area contributed by atoms with E-state index < -0.39 is 0 Å². The molecule has 4 rings (SSSR count). The molecule has 0 aliphatic heterocycles. The van der Waals surface area contributed by atoms with Crippen LogP contribution < -0.4 is 0 Å². The molecule has 0 N–H and O–H groups in total. The summed E-state index contributed by atoms with van der Waals surface area (Å²) in [6, 6.07) is 18.9. The fourth-order valence-electron chi connectivity index (χ4n) is 2.74. The Morgan fingerprint density at radius 1 is 0.800 bits per heavy atom. The van der Waals surface area contributed by atoms with Gasteiger partial charge in [0, 0.05) is 33.3 Å². The number of hydrogen-bond donors (Lipinski definition) is 0. The molecule has 96 valence electrons. The Morgan fingerprint density at radius 2 is 1.55 bits per heavy atom. The molecule has 0 aliphatic carbocycles. The first-order chi connectivity index (χ1) is 9.86. The first kappa shape index (κ1) is 11.7. The fourth-order valence-corrected chi connectivity index (χ4v) is 3.28. The summed E-state index contributed by atoms with van der Waals surface area (Å²) in [6.45, 7) is 0. The first-order valence-corrected chi connectivity index (χ1v) is 7.23. The maximum absolute atomic E-state index is 4.11. The van der Waals surface area contributed by atoms with Crippen LogP contribution in [0.2, 0.25) is 0 Å². The van der Waals surface area contributed by atoms with Gasteiger partial charge in [-0.05, 0) is 40.2 Å². The van der Waals surface area contributed by atoms with Crippen molar-refractivity contribution in [1.82, 2.24) is 9.55 Å². The van der Waals surface area contributed by atoms with Gasteiger partial charge in [0.2, 0.25) is 0 Å². The Kier molecular flexibility index (Phi) is 2.60. The van der Waals surface area contributed by atoms with Crippen molar-refractivity contribution in [3.8, 4) is 5.69 Å². The van der Waals surface area contributed by atoms with E-state index in [1.54, 1.807) is 0 Å². The highest BCUT2D eigenvalue weighted by Crippen LogP contribution is 2.35. The summed E-state index contributed by atoms with van der Waals surface area (Å²) >= 11 is 3.69. The molecule has 2 aromatic heterocycles. The van der Waals surface area contributed by atoms with E-state index in [1.807, 2.05) is 24.5 Å². The van der Waals surface area contributed by atoms with Crippen molar-refractivity contribution in [1.29, 1.82) is 0 Å². The highest BCUT2D eigenvalue weighted by atomic mass is 79.9. The van der Waals surface area contributed by atoms with Gasteiger partial charge < -0.3 is 4.57 Å². The molecule has 0 spiro atoms. The number of fused-ring (bicyclic) bond motifs is 3. The monoisotopic (exact) mass is 322 g/mol. The second-order valence-corrected chi connectivity index (χ2v) is 5.55. The minimum Gasteiger partial charge on any atom is -0.308 e. The Morgan fingerprint density at radius 3 is 2.40 bits per heavy atom. The lowest BCUT2D eigenvalue weighted by Gasteiger charge is -2.08. The highest BCUT2D eigenvalue weighted by Gasteiger charge is 2.13. The van der Waals surface area contributed by atoms with Crippen LogP contribution in [0.5, 0.6) is 0 Å². The van der Waals surface area contributed by atoms with Gasteiger partial charge in [0.1, 0.15) is 0 Å². The summed E-state index contributed by atoms with van der Waals surface area (Å²) in [5.74, 6) is 0. The van der Waals surface area contributed by atoms with Gasteiger partial charge in [-0.2, -0.15) is 0 Å². The number of pyridine rings is 1. The SMILES string of the molecule is Brc1cccc2c3ccccc3n(-c3ccncc3)c12. The molecule has 20 heavy (non-hydrogen) atoms. The Labute approximate surface area is 124 Å². The smallest absolute Gasteiger partial charge is 0.0683 e. The number of hydrogen-bond acceptors (Lipinski definition) is 1. The van der Waals surface area contributed by atoms with E-state index in [9.17, 15) is 0 Å². The van der Waals surface area contributed by atoms with E-state index >= 15 is 0 Å². The van der Waals surface area contributed by atoms with E-state index in [1.165, 1.54) is 21.8 Å². The quantitative estimate of drug-likeness (QED) is 0.485. The van der Waals surface area contributed by atoms with Gasteiger partial charge in [0.05, 0.1) is 11.0 Å². The van der Waals surface area contributed by atoms with Crippen molar-refractivity contribution in [2.45, 2.75) is 0 Å². The molecule has 4 aromatic rings. The lowest BCUT2D eigenvalue weighted by atomic mass is 10.2. The van der Waals surface area contributed by atoms with Crippen LogP contribution in [-0.2, 0) is 0 Å². The maximum atomic E-state index is 4.11. The van der Waals surface area contributed by atoms with Gasteiger partial charge in [-0.15, -0.1) is 0 Å². The molecular weight excluding hydrogens is 312 g/mol. The summed E-state index contributed by atoms with van der Waals surface area (Å²) in [4.78, 5) is 4.11. The standard InChI is InChI=1S/C17H11BrN2/c18-15-6-3-5-14-13-4-1-2-7-16(13)20(17(14)15)12-8-10-19-11-9-12/h1-11H. The molecule has 3 heteroatoms. The molecule has 0 saturated heterocycles. The van der Waals surface area contributed by atoms with Gasteiger partial charge in [-0.1, -0.05) is 30.3 Å². The van der Waals surface area contributed by atoms with Crippen LogP contribution in [-0.4, -0.2) is 9.55 Å². The number of para-hydroxylation sites is 2. The molecule has 2 aromatic carbocycles. The predicted molar refractivity (Wildman–Crippen MR) is 86.3 cm³/mol. The van der Waals surface area contributed by atoms with Crippen molar-refractivity contribution in [2.75, 3.05) is 0 Å². The van der Waals surface area contributed by atoms with Crippen molar-refractivity contribution in [3.63, 3.8) is 0 Å². The minimum atomic E-state index is 1.10. The van der Waals surface area contributed by atoms with E-state index in [2.05, 4.69) is 67.9 Å². The Bertz CT molecular complexity index is 910. The van der Waals surface area contributed by atoms with Crippen molar-refractivity contribution < 1.29 is 0 Å².